The minimum absolute atomic E-state index is 0.212. The lowest BCUT2D eigenvalue weighted by atomic mass is 10.6. The SMILES string of the molecule is CC(/N=C/C=C/[Si](C)(C)C)([Si](C)(C)C)[Si](C)(C)C. The molecule has 0 aliphatic rings. The smallest absolute Gasteiger partial charge is 0.0728 e. The van der Waals surface area contributed by atoms with Crippen molar-refractivity contribution >= 4 is 30.4 Å². The summed E-state index contributed by atoms with van der Waals surface area (Å²) in [7, 11) is -3.70. The molecule has 0 rings (SSSR count). The van der Waals surface area contributed by atoms with Gasteiger partial charge in [0.1, 0.15) is 0 Å². The van der Waals surface area contributed by atoms with Gasteiger partial charge in [0.2, 0.25) is 0 Å². The normalized spacial score (nSPS) is 15.9. The highest BCUT2D eigenvalue weighted by Crippen LogP contribution is 2.34. The van der Waals surface area contributed by atoms with Gasteiger partial charge in [-0.25, -0.2) is 0 Å². The van der Waals surface area contributed by atoms with Crippen LogP contribution in [0, 0.1) is 0 Å². The van der Waals surface area contributed by atoms with E-state index in [1.807, 2.05) is 0 Å². The van der Waals surface area contributed by atoms with E-state index in [2.05, 4.69) is 83.8 Å². The monoisotopic (exact) mass is 299 g/mol. The van der Waals surface area contributed by atoms with Gasteiger partial charge in [0.25, 0.3) is 0 Å². The Morgan fingerprint density at radius 3 is 1.44 bits per heavy atom. The summed E-state index contributed by atoms with van der Waals surface area (Å²) in [4.78, 5) is 5.25. The molecular formula is C14H33NSi3. The minimum atomic E-state index is -1.30. The summed E-state index contributed by atoms with van der Waals surface area (Å²) in [6, 6.07) is 0. The van der Waals surface area contributed by atoms with E-state index in [1.165, 1.54) is 0 Å². The average Bonchev–Trinajstić information content (AvgIpc) is 2.06. The molecule has 0 amide bonds. The Labute approximate surface area is 118 Å². The zero-order valence-corrected chi connectivity index (χ0v) is 17.2. The van der Waals surface area contributed by atoms with Crippen LogP contribution >= 0.6 is 0 Å². The number of aliphatic imine (C=N–C) groups is 1. The number of hydrogen-bond acceptors (Lipinski definition) is 1. The van der Waals surface area contributed by atoms with Crippen molar-refractivity contribution in [2.24, 2.45) is 4.99 Å². The van der Waals surface area contributed by atoms with Crippen molar-refractivity contribution in [2.75, 3.05) is 0 Å². The molecule has 0 aromatic rings. The fourth-order valence-corrected chi connectivity index (χ4v) is 12.6. The zero-order valence-electron chi connectivity index (χ0n) is 14.2. The van der Waals surface area contributed by atoms with E-state index in [0.29, 0.717) is 0 Å². The van der Waals surface area contributed by atoms with Gasteiger partial charge < -0.3 is 0 Å². The van der Waals surface area contributed by atoms with Gasteiger partial charge in [-0.1, -0.05) is 70.7 Å². The van der Waals surface area contributed by atoms with Crippen molar-refractivity contribution in [2.45, 2.75) is 70.6 Å². The third-order valence-electron chi connectivity index (χ3n) is 3.94. The van der Waals surface area contributed by atoms with Crippen LogP contribution in [0.25, 0.3) is 0 Å². The molecule has 0 spiro atoms. The quantitative estimate of drug-likeness (QED) is 0.500. The second-order valence-electron chi connectivity index (χ2n) is 8.58. The average molecular weight is 300 g/mol. The highest BCUT2D eigenvalue weighted by atomic mass is 28.4. The lowest BCUT2D eigenvalue weighted by Gasteiger charge is -2.46. The van der Waals surface area contributed by atoms with Crippen LogP contribution in [-0.4, -0.2) is 35.2 Å². The fourth-order valence-electron chi connectivity index (χ4n) is 2.04. The van der Waals surface area contributed by atoms with Crippen molar-refractivity contribution in [1.82, 2.24) is 0 Å². The predicted octanol–water partition coefficient (Wildman–Crippen LogP) is 5.00. The number of hydrogen-bond donors (Lipinski definition) is 0. The first kappa shape index (κ1) is 18.1. The Kier molecular flexibility index (Phi) is 5.61. The van der Waals surface area contributed by atoms with Crippen LogP contribution in [0.1, 0.15) is 6.92 Å². The molecule has 0 fully saturated rings. The molecule has 0 aromatic heterocycles. The van der Waals surface area contributed by atoms with Crippen LogP contribution in [-0.2, 0) is 0 Å². The van der Waals surface area contributed by atoms with Crippen molar-refractivity contribution in [3.8, 4) is 0 Å². The molecule has 1 nitrogen and oxygen atoms in total. The molecule has 0 aliphatic carbocycles. The molecule has 0 saturated heterocycles. The zero-order chi connectivity index (χ0) is 14.8. The third-order valence-corrected chi connectivity index (χ3v) is 15.7. The van der Waals surface area contributed by atoms with Crippen molar-refractivity contribution in [3.05, 3.63) is 11.8 Å². The highest BCUT2D eigenvalue weighted by Gasteiger charge is 2.48. The summed E-state index contributed by atoms with van der Waals surface area (Å²) in [5.41, 5.74) is 2.37. The Bertz CT molecular complexity index is 310. The van der Waals surface area contributed by atoms with Crippen molar-refractivity contribution < 1.29 is 0 Å². The molecule has 0 N–H and O–H groups in total. The molecule has 0 radical (unpaired) electrons. The summed E-state index contributed by atoms with van der Waals surface area (Å²) in [6.45, 7) is 24.2. The lowest BCUT2D eigenvalue weighted by molar-refractivity contribution is 0.839. The molecule has 18 heavy (non-hydrogen) atoms. The number of rotatable bonds is 5. The van der Waals surface area contributed by atoms with E-state index >= 15 is 0 Å². The van der Waals surface area contributed by atoms with Gasteiger partial charge in [0.05, 0.1) is 24.2 Å². The number of allylic oxidation sites excluding steroid dienone is 1. The number of nitrogens with zero attached hydrogens (tertiary/aromatic N) is 1. The molecule has 0 aliphatic heterocycles. The van der Waals surface area contributed by atoms with Crippen molar-refractivity contribution in [1.29, 1.82) is 0 Å². The summed E-state index contributed by atoms with van der Waals surface area (Å²) in [5, 5.41) is 0. The second-order valence-corrected chi connectivity index (χ2v) is 25.1. The van der Waals surface area contributed by atoms with Gasteiger partial charge >= 0.3 is 0 Å². The first-order chi connectivity index (χ1) is 7.71. The largest absolute Gasteiger partial charge is 0.294 e. The molecule has 4 heteroatoms. The van der Waals surface area contributed by atoms with Crippen LogP contribution < -0.4 is 0 Å². The third kappa shape index (κ3) is 4.97. The summed E-state index contributed by atoms with van der Waals surface area (Å²) >= 11 is 0. The Hall–Kier alpha value is 0.0606. The van der Waals surface area contributed by atoms with E-state index in [-0.39, 0.29) is 4.79 Å². The van der Waals surface area contributed by atoms with Crippen LogP contribution in [0.5, 0.6) is 0 Å². The first-order valence-electron chi connectivity index (χ1n) is 6.94. The van der Waals surface area contributed by atoms with Gasteiger partial charge in [-0.2, -0.15) is 0 Å². The van der Waals surface area contributed by atoms with Crippen molar-refractivity contribution in [3.63, 3.8) is 0 Å². The molecule has 0 saturated carbocycles. The van der Waals surface area contributed by atoms with E-state index in [9.17, 15) is 0 Å². The van der Waals surface area contributed by atoms with Crippen LogP contribution in [0.2, 0.25) is 58.9 Å². The predicted molar refractivity (Wildman–Crippen MR) is 96.1 cm³/mol. The molecule has 0 heterocycles. The molecular weight excluding hydrogens is 266 g/mol. The Balaban J connectivity index is 5.20. The summed E-state index contributed by atoms with van der Waals surface area (Å²) in [5.74, 6) is 0. The van der Waals surface area contributed by atoms with Crippen LogP contribution in [0.3, 0.4) is 0 Å². The Morgan fingerprint density at radius 1 is 0.778 bits per heavy atom. The van der Waals surface area contributed by atoms with E-state index in [4.69, 9.17) is 4.99 Å². The topological polar surface area (TPSA) is 12.4 Å². The van der Waals surface area contributed by atoms with Crippen LogP contribution in [0.4, 0.5) is 0 Å². The van der Waals surface area contributed by atoms with Gasteiger partial charge in [-0.05, 0) is 6.92 Å². The maximum Gasteiger partial charge on any atom is 0.0728 e. The maximum atomic E-state index is 5.04. The molecule has 0 unspecified atom stereocenters. The van der Waals surface area contributed by atoms with Gasteiger partial charge in [0.15, 0.2) is 0 Å². The standard InChI is InChI=1S/C14H33NSi3/c1-14(17(5,6)7,18(8,9)10)15-12-11-13-16(2,3)4/h11-13H,1-10H3/b13-11+,15-12+. The van der Waals surface area contributed by atoms with E-state index in [1.54, 1.807) is 0 Å². The second kappa shape index (κ2) is 5.59. The van der Waals surface area contributed by atoms with Gasteiger partial charge in [-0.15, -0.1) is 0 Å². The summed E-state index contributed by atoms with van der Waals surface area (Å²) < 4.78 is 0. The van der Waals surface area contributed by atoms with Gasteiger partial charge in [0, 0.05) is 11.0 Å². The minimum Gasteiger partial charge on any atom is -0.294 e. The van der Waals surface area contributed by atoms with Crippen LogP contribution in [0.15, 0.2) is 16.8 Å². The first-order valence-corrected chi connectivity index (χ1v) is 17.5. The van der Waals surface area contributed by atoms with Gasteiger partial charge in [-0.3, -0.25) is 4.99 Å². The molecule has 106 valence electrons. The van der Waals surface area contributed by atoms with E-state index < -0.39 is 24.2 Å². The highest BCUT2D eigenvalue weighted by molar-refractivity contribution is 6.99. The molecule has 0 aromatic carbocycles. The maximum absolute atomic E-state index is 5.04. The Morgan fingerprint density at radius 2 is 1.17 bits per heavy atom. The molecule has 0 bridgehead atoms. The summed E-state index contributed by atoms with van der Waals surface area (Å²) in [6.07, 6.45) is 4.26. The fraction of sp³-hybridized carbons (Fsp3) is 0.786. The molecule has 0 atom stereocenters. The lowest BCUT2D eigenvalue weighted by Crippen LogP contribution is -2.63. The van der Waals surface area contributed by atoms with E-state index in [0.717, 1.165) is 0 Å².